The molecule has 1 saturated heterocycles. The molecular formula is C25H38N2O6S. The molecule has 0 aliphatic carbocycles. The molecular weight excluding hydrogens is 456 g/mol. The summed E-state index contributed by atoms with van der Waals surface area (Å²) in [5.41, 5.74) is 0.569. The number of fused-ring (bicyclic) bond motifs is 1. The zero-order valence-electron chi connectivity index (χ0n) is 20.6. The van der Waals surface area contributed by atoms with Crippen LogP contribution in [0.3, 0.4) is 0 Å². The van der Waals surface area contributed by atoms with Crippen LogP contribution in [0.4, 0.5) is 0 Å². The van der Waals surface area contributed by atoms with Gasteiger partial charge in [0.05, 0.1) is 6.61 Å². The van der Waals surface area contributed by atoms with Crippen LogP contribution in [0, 0.1) is 23.7 Å². The van der Waals surface area contributed by atoms with Crippen molar-refractivity contribution < 1.29 is 28.1 Å². The number of sulfonamides is 1. The van der Waals surface area contributed by atoms with Crippen molar-refractivity contribution in [2.75, 3.05) is 46.5 Å². The molecule has 0 bridgehead atoms. The Balaban J connectivity index is 1.94. The van der Waals surface area contributed by atoms with Gasteiger partial charge in [-0.05, 0) is 57.9 Å². The molecule has 34 heavy (non-hydrogen) atoms. The molecule has 190 valence electrons. The van der Waals surface area contributed by atoms with Gasteiger partial charge in [0, 0.05) is 50.4 Å². The van der Waals surface area contributed by atoms with E-state index in [2.05, 4.69) is 23.8 Å². The van der Waals surface area contributed by atoms with Crippen molar-refractivity contribution in [2.24, 2.45) is 11.8 Å². The lowest BCUT2D eigenvalue weighted by Gasteiger charge is -2.38. The van der Waals surface area contributed by atoms with Gasteiger partial charge in [0.1, 0.15) is 22.9 Å². The summed E-state index contributed by atoms with van der Waals surface area (Å²) in [4.78, 5) is 2.32. The second-order valence-corrected chi connectivity index (χ2v) is 11.5. The van der Waals surface area contributed by atoms with E-state index in [1.807, 2.05) is 6.92 Å². The van der Waals surface area contributed by atoms with Gasteiger partial charge in [0.2, 0.25) is 10.0 Å². The molecule has 3 rings (SSSR count). The molecule has 8 nitrogen and oxygen atoms in total. The van der Waals surface area contributed by atoms with Crippen molar-refractivity contribution in [1.29, 1.82) is 0 Å². The summed E-state index contributed by atoms with van der Waals surface area (Å²) in [7, 11) is -1.82. The molecule has 1 aromatic rings. The molecule has 0 radical (unpaired) electrons. The average Bonchev–Trinajstić information content (AvgIpc) is 2.80. The van der Waals surface area contributed by atoms with Gasteiger partial charge in [-0.3, -0.25) is 0 Å². The Morgan fingerprint density at radius 1 is 1.24 bits per heavy atom. The monoisotopic (exact) mass is 494 g/mol. The summed E-state index contributed by atoms with van der Waals surface area (Å²) in [6.07, 6.45) is 1.03. The first-order chi connectivity index (χ1) is 16.1. The second-order valence-electron chi connectivity index (χ2n) is 9.62. The third kappa shape index (κ3) is 6.72. The summed E-state index contributed by atoms with van der Waals surface area (Å²) in [6.45, 7) is 8.41. The Morgan fingerprint density at radius 2 is 1.94 bits per heavy atom. The maximum absolute atomic E-state index is 13.5. The molecule has 9 heteroatoms. The number of ether oxygens (including phenoxy) is 2. The number of nitrogens with zero attached hydrogens (tertiary/aromatic N) is 2. The fourth-order valence-electron chi connectivity index (χ4n) is 4.46. The maximum Gasteiger partial charge on any atom is 0.247 e. The molecule has 2 heterocycles. The van der Waals surface area contributed by atoms with E-state index in [0.29, 0.717) is 18.0 Å². The first-order valence-electron chi connectivity index (χ1n) is 12.0. The number of benzene rings is 1. The first kappa shape index (κ1) is 26.9. The third-order valence-corrected chi connectivity index (χ3v) is 8.51. The highest BCUT2D eigenvalue weighted by Gasteiger charge is 2.38. The summed E-state index contributed by atoms with van der Waals surface area (Å²) in [5, 5.41) is 19.3. The molecule has 2 N–H and O–H groups in total. The van der Waals surface area contributed by atoms with E-state index < -0.39 is 22.2 Å². The van der Waals surface area contributed by atoms with E-state index in [0.717, 1.165) is 32.6 Å². The molecule has 0 unspecified atom stereocenters. The SMILES string of the molecule is C[C@H](CO)N1C[C@H](C)[C@@H](CN(C)CC2CCOCC2)Oc2cc(C#C[C@@H](C)O)ccc2S1(=O)=O. The Hall–Kier alpha value is -1.67. The second kappa shape index (κ2) is 11.8. The van der Waals surface area contributed by atoms with Gasteiger partial charge in [-0.25, -0.2) is 8.42 Å². The zero-order valence-corrected chi connectivity index (χ0v) is 21.4. The van der Waals surface area contributed by atoms with Crippen LogP contribution in [0.25, 0.3) is 0 Å². The highest BCUT2D eigenvalue weighted by Crippen LogP contribution is 2.34. The van der Waals surface area contributed by atoms with E-state index >= 15 is 0 Å². The molecule has 1 fully saturated rings. The van der Waals surface area contributed by atoms with Gasteiger partial charge in [0.15, 0.2) is 0 Å². The zero-order chi connectivity index (χ0) is 24.9. The molecule has 1 aromatic carbocycles. The largest absolute Gasteiger partial charge is 0.487 e. The van der Waals surface area contributed by atoms with E-state index in [-0.39, 0.29) is 35.8 Å². The van der Waals surface area contributed by atoms with E-state index in [1.54, 1.807) is 26.0 Å². The van der Waals surface area contributed by atoms with E-state index in [9.17, 15) is 18.6 Å². The highest BCUT2D eigenvalue weighted by molar-refractivity contribution is 7.89. The third-order valence-electron chi connectivity index (χ3n) is 6.49. The van der Waals surface area contributed by atoms with Crippen molar-refractivity contribution in [2.45, 2.75) is 56.8 Å². The Bertz CT molecular complexity index is 981. The first-order valence-corrected chi connectivity index (χ1v) is 13.4. The maximum atomic E-state index is 13.5. The van der Waals surface area contributed by atoms with Gasteiger partial charge in [-0.2, -0.15) is 4.31 Å². The lowest BCUT2D eigenvalue weighted by molar-refractivity contribution is 0.0402. The fraction of sp³-hybridized carbons (Fsp3) is 0.680. The fourth-order valence-corrected chi connectivity index (χ4v) is 6.29. The van der Waals surface area contributed by atoms with Crippen LogP contribution in [0.15, 0.2) is 23.1 Å². The summed E-state index contributed by atoms with van der Waals surface area (Å²) >= 11 is 0. The molecule has 2 aliphatic heterocycles. The van der Waals surface area contributed by atoms with Crippen LogP contribution < -0.4 is 4.74 Å². The van der Waals surface area contributed by atoms with Gasteiger partial charge >= 0.3 is 0 Å². The number of hydrogen-bond acceptors (Lipinski definition) is 7. The van der Waals surface area contributed by atoms with E-state index in [1.165, 1.54) is 10.4 Å². The van der Waals surface area contributed by atoms with E-state index in [4.69, 9.17) is 9.47 Å². The summed E-state index contributed by atoms with van der Waals surface area (Å²) in [5.74, 6) is 6.28. The minimum Gasteiger partial charge on any atom is -0.487 e. The molecule has 0 saturated carbocycles. The minimum atomic E-state index is -3.89. The van der Waals surface area contributed by atoms with Gasteiger partial charge in [0.25, 0.3) is 0 Å². The van der Waals surface area contributed by atoms with Crippen LogP contribution in [0.2, 0.25) is 0 Å². The average molecular weight is 495 g/mol. The standard InChI is InChI=1S/C25H38N2O6S/c1-18-14-27(19(2)17-28)34(30,31)25-8-7-21(6-5-20(3)29)13-23(25)33-24(18)16-26(4)15-22-9-11-32-12-10-22/h7-8,13,18-20,22,24,28-29H,9-12,14-17H2,1-4H3/t18-,19+,20+,24+/m0/s1. The number of aliphatic hydroxyl groups is 2. The smallest absolute Gasteiger partial charge is 0.247 e. The molecule has 4 atom stereocenters. The number of aliphatic hydroxyl groups excluding tert-OH is 2. The number of rotatable bonds is 6. The molecule has 0 amide bonds. The highest BCUT2D eigenvalue weighted by atomic mass is 32.2. The Morgan fingerprint density at radius 3 is 2.59 bits per heavy atom. The van der Waals surface area contributed by atoms with Crippen LogP contribution in [-0.2, 0) is 14.8 Å². The van der Waals surface area contributed by atoms with Crippen molar-refractivity contribution in [3.63, 3.8) is 0 Å². The lowest BCUT2D eigenvalue weighted by Crippen LogP contribution is -2.50. The lowest BCUT2D eigenvalue weighted by atomic mass is 9.98. The van der Waals surface area contributed by atoms with Crippen molar-refractivity contribution >= 4 is 10.0 Å². The van der Waals surface area contributed by atoms with Crippen molar-refractivity contribution in [3.05, 3.63) is 23.8 Å². The normalized spacial score (nSPS) is 25.3. The van der Waals surface area contributed by atoms with Crippen LogP contribution >= 0.6 is 0 Å². The van der Waals surface area contributed by atoms with Crippen molar-refractivity contribution in [3.8, 4) is 17.6 Å². The molecule has 0 spiro atoms. The van der Waals surface area contributed by atoms with Gasteiger partial charge in [-0.1, -0.05) is 18.8 Å². The predicted molar refractivity (Wildman–Crippen MR) is 130 cm³/mol. The van der Waals surface area contributed by atoms with Gasteiger partial charge < -0.3 is 24.6 Å². The quantitative estimate of drug-likeness (QED) is 0.579. The van der Waals surface area contributed by atoms with Crippen LogP contribution in [0.1, 0.15) is 39.2 Å². The molecule has 0 aromatic heterocycles. The summed E-state index contributed by atoms with van der Waals surface area (Å²) in [6, 6.07) is 4.20. The number of hydrogen-bond donors (Lipinski definition) is 2. The van der Waals surface area contributed by atoms with Crippen LogP contribution in [-0.4, -0.2) is 92.6 Å². The van der Waals surface area contributed by atoms with Gasteiger partial charge in [-0.15, -0.1) is 0 Å². The Labute approximate surface area is 203 Å². The number of likely N-dealkylation sites (N-methyl/N-ethyl adjacent to an activating group) is 1. The van der Waals surface area contributed by atoms with Crippen molar-refractivity contribution in [1.82, 2.24) is 9.21 Å². The Kier molecular flexibility index (Phi) is 9.38. The predicted octanol–water partition coefficient (Wildman–Crippen LogP) is 1.55. The van der Waals surface area contributed by atoms with Crippen LogP contribution in [0.5, 0.6) is 5.75 Å². The summed E-state index contributed by atoms with van der Waals surface area (Å²) < 4.78 is 40.3. The topological polar surface area (TPSA) is 99.5 Å². The minimum absolute atomic E-state index is 0.0689. The molecule has 2 aliphatic rings.